The number of benzene rings is 1. The molecule has 0 amide bonds. The highest BCUT2D eigenvalue weighted by molar-refractivity contribution is 5.49. The van der Waals surface area contributed by atoms with Crippen LogP contribution in [0, 0.1) is 5.92 Å². The number of hydrogen-bond donors (Lipinski definition) is 1. The fourth-order valence-electron chi connectivity index (χ4n) is 3.20. The number of nitrogens with zero attached hydrogens (tertiary/aromatic N) is 1. The van der Waals surface area contributed by atoms with Crippen molar-refractivity contribution >= 4 is 5.69 Å². The molecule has 0 unspecified atom stereocenters. The molecule has 0 saturated heterocycles. The molecule has 1 aliphatic rings. The van der Waals surface area contributed by atoms with Gasteiger partial charge in [-0.15, -0.1) is 0 Å². The molecule has 2 rings (SSSR count). The molecule has 1 aromatic rings. The van der Waals surface area contributed by atoms with Gasteiger partial charge in [-0.1, -0.05) is 52.7 Å². The normalized spacial score (nSPS) is 16.1. The summed E-state index contributed by atoms with van der Waals surface area (Å²) in [7, 11) is 0. The van der Waals surface area contributed by atoms with Crippen molar-refractivity contribution in [1.82, 2.24) is 5.32 Å². The predicted molar refractivity (Wildman–Crippen MR) is 92.9 cm³/mol. The third-order valence-corrected chi connectivity index (χ3v) is 4.31. The summed E-state index contributed by atoms with van der Waals surface area (Å²) in [6.45, 7) is 11.2. The minimum absolute atomic E-state index is 0.542. The molecule has 0 bridgehead atoms. The van der Waals surface area contributed by atoms with Gasteiger partial charge in [0.2, 0.25) is 0 Å². The second kappa shape index (κ2) is 7.84. The van der Waals surface area contributed by atoms with E-state index < -0.39 is 0 Å². The van der Waals surface area contributed by atoms with E-state index >= 15 is 0 Å². The molecule has 0 radical (unpaired) electrons. The first-order chi connectivity index (χ1) is 10.1. The topological polar surface area (TPSA) is 15.3 Å². The molecular formula is C19H32N2. The van der Waals surface area contributed by atoms with E-state index in [2.05, 4.69) is 62.2 Å². The second-order valence-electron chi connectivity index (χ2n) is 7.19. The Hall–Kier alpha value is -1.02. The van der Waals surface area contributed by atoms with Crippen LogP contribution >= 0.6 is 0 Å². The van der Waals surface area contributed by atoms with Gasteiger partial charge in [0.25, 0.3) is 0 Å². The number of nitrogens with one attached hydrogen (secondary N) is 1. The van der Waals surface area contributed by atoms with Gasteiger partial charge >= 0.3 is 0 Å². The fraction of sp³-hybridized carbons (Fsp3) is 0.684. The molecule has 1 fully saturated rings. The zero-order chi connectivity index (χ0) is 15.2. The molecule has 21 heavy (non-hydrogen) atoms. The first-order valence-corrected chi connectivity index (χ1v) is 8.65. The van der Waals surface area contributed by atoms with Crippen LogP contribution in [0.25, 0.3) is 0 Å². The molecule has 0 aliphatic heterocycles. The van der Waals surface area contributed by atoms with Gasteiger partial charge < -0.3 is 10.2 Å². The van der Waals surface area contributed by atoms with Gasteiger partial charge in [-0.3, -0.25) is 0 Å². The predicted octanol–water partition coefficient (Wildman–Crippen LogP) is 4.59. The standard InChI is InChI=1S/C19H32N2/c1-15(2)14-21(18-7-5-6-8-18)19-11-9-17(10-12-19)13-20-16(3)4/h9-12,15-16,18,20H,5-8,13-14H2,1-4H3. The summed E-state index contributed by atoms with van der Waals surface area (Å²) in [5, 5.41) is 3.48. The fourth-order valence-corrected chi connectivity index (χ4v) is 3.20. The van der Waals surface area contributed by atoms with Crippen LogP contribution < -0.4 is 10.2 Å². The van der Waals surface area contributed by atoms with E-state index in [1.165, 1.54) is 43.5 Å². The van der Waals surface area contributed by atoms with Crippen molar-refractivity contribution in [3.63, 3.8) is 0 Å². The molecule has 118 valence electrons. The number of rotatable bonds is 7. The lowest BCUT2D eigenvalue weighted by atomic mass is 10.1. The third kappa shape index (κ3) is 5.03. The maximum atomic E-state index is 3.48. The molecule has 0 atom stereocenters. The van der Waals surface area contributed by atoms with Crippen molar-refractivity contribution in [2.75, 3.05) is 11.4 Å². The van der Waals surface area contributed by atoms with Crippen LogP contribution in [-0.2, 0) is 6.54 Å². The summed E-state index contributed by atoms with van der Waals surface area (Å²) < 4.78 is 0. The van der Waals surface area contributed by atoms with Gasteiger partial charge in [0, 0.05) is 30.9 Å². The average Bonchev–Trinajstić information content (AvgIpc) is 2.97. The maximum Gasteiger partial charge on any atom is 0.0368 e. The largest absolute Gasteiger partial charge is 0.368 e. The molecule has 1 N–H and O–H groups in total. The Balaban J connectivity index is 2.05. The van der Waals surface area contributed by atoms with Crippen molar-refractivity contribution in [3.05, 3.63) is 29.8 Å². The van der Waals surface area contributed by atoms with E-state index in [0.29, 0.717) is 12.0 Å². The van der Waals surface area contributed by atoms with Crippen molar-refractivity contribution in [3.8, 4) is 0 Å². The van der Waals surface area contributed by atoms with Crippen molar-refractivity contribution in [2.24, 2.45) is 5.92 Å². The lowest BCUT2D eigenvalue weighted by Gasteiger charge is -2.33. The highest BCUT2D eigenvalue weighted by Gasteiger charge is 2.23. The van der Waals surface area contributed by atoms with E-state index in [1.807, 2.05) is 0 Å². The van der Waals surface area contributed by atoms with Crippen LogP contribution in [0.4, 0.5) is 5.69 Å². The zero-order valence-corrected chi connectivity index (χ0v) is 14.2. The van der Waals surface area contributed by atoms with Crippen molar-refractivity contribution in [1.29, 1.82) is 0 Å². The van der Waals surface area contributed by atoms with E-state index in [1.54, 1.807) is 0 Å². The van der Waals surface area contributed by atoms with Gasteiger partial charge in [-0.05, 0) is 36.5 Å². The first-order valence-electron chi connectivity index (χ1n) is 8.65. The van der Waals surface area contributed by atoms with Crippen molar-refractivity contribution < 1.29 is 0 Å². The Morgan fingerprint density at radius 1 is 1.05 bits per heavy atom. The average molecular weight is 288 g/mol. The summed E-state index contributed by atoms with van der Waals surface area (Å²) >= 11 is 0. The van der Waals surface area contributed by atoms with Gasteiger partial charge in [0.05, 0.1) is 0 Å². The van der Waals surface area contributed by atoms with Crippen LogP contribution in [0.2, 0.25) is 0 Å². The molecule has 0 heterocycles. The van der Waals surface area contributed by atoms with Crippen LogP contribution in [-0.4, -0.2) is 18.6 Å². The Morgan fingerprint density at radius 3 is 2.19 bits per heavy atom. The van der Waals surface area contributed by atoms with Crippen LogP contribution in [0.5, 0.6) is 0 Å². The SMILES string of the molecule is CC(C)CN(c1ccc(CNC(C)C)cc1)C1CCCC1. The van der Waals surface area contributed by atoms with E-state index in [-0.39, 0.29) is 0 Å². The Bertz CT molecular complexity index is 402. The molecule has 1 aromatic carbocycles. The van der Waals surface area contributed by atoms with Crippen LogP contribution in [0.15, 0.2) is 24.3 Å². The minimum Gasteiger partial charge on any atom is -0.368 e. The first kappa shape index (κ1) is 16.4. The van der Waals surface area contributed by atoms with Gasteiger partial charge in [-0.25, -0.2) is 0 Å². The van der Waals surface area contributed by atoms with Crippen LogP contribution in [0.3, 0.4) is 0 Å². The molecule has 1 saturated carbocycles. The lowest BCUT2D eigenvalue weighted by Crippen LogP contribution is -2.36. The zero-order valence-electron chi connectivity index (χ0n) is 14.2. The highest BCUT2D eigenvalue weighted by Crippen LogP contribution is 2.29. The van der Waals surface area contributed by atoms with Crippen molar-refractivity contribution in [2.45, 2.75) is 72.0 Å². The van der Waals surface area contributed by atoms with E-state index in [4.69, 9.17) is 0 Å². The number of hydrogen-bond acceptors (Lipinski definition) is 2. The molecular weight excluding hydrogens is 256 g/mol. The molecule has 1 aliphatic carbocycles. The molecule has 0 aromatic heterocycles. The summed E-state index contributed by atoms with van der Waals surface area (Å²) in [6.07, 6.45) is 5.53. The maximum absolute atomic E-state index is 3.48. The van der Waals surface area contributed by atoms with Crippen LogP contribution in [0.1, 0.15) is 58.9 Å². The molecule has 2 nitrogen and oxygen atoms in total. The Kier molecular flexibility index (Phi) is 6.10. The highest BCUT2D eigenvalue weighted by atomic mass is 15.2. The Labute approximate surface area is 130 Å². The molecule has 2 heteroatoms. The van der Waals surface area contributed by atoms with Gasteiger partial charge in [0.15, 0.2) is 0 Å². The molecule has 0 spiro atoms. The van der Waals surface area contributed by atoms with Gasteiger partial charge in [0.1, 0.15) is 0 Å². The van der Waals surface area contributed by atoms with Gasteiger partial charge in [-0.2, -0.15) is 0 Å². The second-order valence-corrected chi connectivity index (χ2v) is 7.19. The quantitative estimate of drug-likeness (QED) is 0.789. The lowest BCUT2D eigenvalue weighted by molar-refractivity contribution is 0.535. The van der Waals surface area contributed by atoms with E-state index in [9.17, 15) is 0 Å². The monoisotopic (exact) mass is 288 g/mol. The summed E-state index contributed by atoms with van der Waals surface area (Å²) in [4.78, 5) is 2.65. The number of anilines is 1. The minimum atomic E-state index is 0.542. The van der Waals surface area contributed by atoms with E-state index in [0.717, 1.165) is 12.6 Å². The summed E-state index contributed by atoms with van der Waals surface area (Å²) in [5.74, 6) is 0.716. The smallest absolute Gasteiger partial charge is 0.0368 e. The summed E-state index contributed by atoms with van der Waals surface area (Å²) in [5.41, 5.74) is 2.78. The summed E-state index contributed by atoms with van der Waals surface area (Å²) in [6, 6.07) is 10.5. The third-order valence-electron chi connectivity index (χ3n) is 4.31. The Morgan fingerprint density at radius 2 is 1.67 bits per heavy atom.